The Morgan fingerprint density at radius 2 is 1.02 bits per heavy atom. The minimum absolute atomic E-state index is 0.157. The molecule has 2 aromatic heterocycles. The van der Waals surface area contributed by atoms with Crippen LogP contribution in [0.5, 0.6) is 0 Å². The molecule has 0 atom stereocenters. The minimum Gasteiger partial charge on any atom is -0.293 e. The van der Waals surface area contributed by atoms with Gasteiger partial charge in [0.05, 0.1) is 27.9 Å². The smallest absolute Gasteiger partial charge is 0.237 e. The summed E-state index contributed by atoms with van der Waals surface area (Å²) in [6.07, 6.45) is 0. The van der Waals surface area contributed by atoms with E-state index in [1.54, 1.807) is 0 Å². The SMILES string of the molecule is CC1(C)c2ccccc2-c2cc3c4ccccc4n(-c4nc(N(c5ccccc5-c5ccccc5)c5cccc6c5-c5ccccc5C6(C)C)nc5ccccc45)c3cc21. The van der Waals surface area contributed by atoms with Gasteiger partial charge >= 0.3 is 0 Å². The molecule has 0 amide bonds. The Bertz CT molecular complexity index is 3390. The highest BCUT2D eigenvalue weighted by Crippen LogP contribution is 2.55. The Morgan fingerprint density at radius 1 is 0.417 bits per heavy atom. The number of aromatic nitrogens is 3. The molecule has 0 spiro atoms. The predicted octanol–water partition coefficient (Wildman–Crippen LogP) is 14.5. The summed E-state index contributed by atoms with van der Waals surface area (Å²) in [7, 11) is 0. The number of anilines is 3. The lowest BCUT2D eigenvalue weighted by Gasteiger charge is -2.29. The van der Waals surface area contributed by atoms with Gasteiger partial charge in [-0.15, -0.1) is 0 Å². The summed E-state index contributed by atoms with van der Waals surface area (Å²) < 4.78 is 2.40. The Labute approximate surface area is 350 Å². The topological polar surface area (TPSA) is 34.0 Å². The van der Waals surface area contributed by atoms with E-state index in [4.69, 9.17) is 9.97 Å². The van der Waals surface area contributed by atoms with Crippen LogP contribution in [0.2, 0.25) is 0 Å². The summed E-state index contributed by atoms with van der Waals surface area (Å²) >= 11 is 0. The zero-order chi connectivity index (χ0) is 40.3. The van der Waals surface area contributed by atoms with Crippen LogP contribution in [-0.2, 0) is 10.8 Å². The number of hydrogen-bond donors (Lipinski definition) is 0. The van der Waals surface area contributed by atoms with Gasteiger partial charge in [-0.3, -0.25) is 9.47 Å². The maximum atomic E-state index is 5.80. The molecule has 0 bridgehead atoms. The standard InChI is InChI=1S/C56H42N4/c1-55(2)44-27-14-9-24-39(44)52-45(55)28-18-32-50(52)60(48-30-16-11-21-36(48)35-19-6-5-7-20-35)54-57-47-29-15-10-25-40(47)53(58-54)59-49-31-17-12-23-38(49)42-33-41-37-22-8-13-26-43(37)56(3,4)46(41)34-51(42)59/h5-34H,1-4H3. The van der Waals surface area contributed by atoms with Crippen LogP contribution in [0.3, 0.4) is 0 Å². The molecule has 2 aliphatic carbocycles. The summed E-state index contributed by atoms with van der Waals surface area (Å²) in [5.41, 5.74) is 17.5. The molecule has 0 saturated carbocycles. The van der Waals surface area contributed by atoms with Crippen LogP contribution < -0.4 is 4.90 Å². The van der Waals surface area contributed by atoms with Crippen molar-refractivity contribution in [1.29, 1.82) is 0 Å². The number of hydrogen-bond acceptors (Lipinski definition) is 3. The molecule has 2 heterocycles. The molecule has 0 saturated heterocycles. The van der Waals surface area contributed by atoms with Gasteiger partial charge in [-0.2, -0.15) is 4.98 Å². The molecule has 10 aromatic rings. The molecule has 60 heavy (non-hydrogen) atoms. The first-order valence-electron chi connectivity index (χ1n) is 20.9. The quantitative estimate of drug-likeness (QED) is 0.175. The predicted molar refractivity (Wildman–Crippen MR) is 249 cm³/mol. The monoisotopic (exact) mass is 770 g/mol. The Balaban J connectivity index is 1.19. The fraction of sp³-hybridized carbons (Fsp3) is 0.107. The molecular formula is C56H42N4. The van der Waals surface area contributed by atoms with E-state index in [0.717, 1.165) is 50.3 Å². The molecule has 4 heteroatoms. The van der Waals surface area contributed by atoms with Gasteiger partial charge in [-0.25, -0.2) is 4.98 Å². The van der Waals surface area contributed by atoms with Crippen molar-refractivity contribution in [3.8, 4) is 39.2 Å². The average molecular weight is 771 g/mol. The fourth-order valence-electron chi connectivity index (χ4n) is 10.5. The number of fused-ring (bicyclic) bond motifs is 10. The molecule has 0 aliphatic heterocycles. The summed E-state index contributed by atoms with van der Waals surface area (Å²) in [6, 6.07) is 66.0. The summed E-state index contributed by atoms with van der Waals surface area (Å²) in [4.78, 5) is 13.6. The third-order valence-electron chi connectivity index (χ3n) is 13.4. The van der Waals surface area contributed by atoms with Crippen molar-refractivity contribution in [2.24, 2.45) is 0 Å². The van der Waals surface area contributed by atoms with Crippen molar-refractivity contribution in [1.82, 2.24) is 14.5 Å². The molecule has 0 unspecified atom stereocenters. The van der Waals surface area contributed by atoms with Gasteiger partial charge < -0.3 is 0 Å². The zero-order valence-corrected chi connectivity index (χ0v) is 34.1. The van der Waals surface area contributed by atoms with Crippen LogP contribution in [0, 0.1) is 0 Å². The van der Waals surface area contributed by atoms with E-state index >= 15 is 0 Å². The van der Waals surface area contributed by atoms with E-state index in [2.05, 4.69) is 219 Å². The molecule has 0 fully saturated rings. The first-order valence-corrected chi connectivity index (χ1v) is 20.9. The second kappa shape index (κ2) is 12.6. The number of rotatable bonds is 5. The van der Waals surface area contributed by atoms with E-state index in [1.165, 1.54) is 55.3 Å². The second-order valence-electron chi connectivity index (χ2n) is 17.4. The van der Waals surface area contributed by atoms with Crippen molar-refractivity contribution >= 4 is 50.0 Å². The van der Waals surface area contributed by atoms with E-state index in [-0.39, 0.29) is 10.8 Å². The fourth-order valence-corrected chi connectivity index (χ4v) is 10.5. The highest BCUT2D eigenvalue weighted by Gasteiger charge is 2.39. The third kappa shape index (κ3) is 4.79. The lowest BCUT2D eigenvalue weighted by molar-refractivity contribution is 0.660. The van der Waals surface area contributed by atoms with Crippen LogP contribution in [0.4, 0.5) is 17.3 Å². The van der Waals surface area contributed by atoms with Gasteiger partial charge in [-0.1, -0.05) is 167 Å². The van der Waals surface area contributed by atoms with Crippen LogP contribution in [0.1, 0.15) is 49.9 Å². The van der Waals surface area contributed by atoms with E-state index < -0.39 is 0 Å². The number of para-hydroxylation sites is 3. The molecule has 8 aromatic carbocycles. The van der Waals surface area contributed by atoms with Crippen molar-refractivity contribution in [3.63, 3.8) is 0 Å². The average Bonchev–Trinajstić information content (AvgIpc) is 3.83. The largest absolute Gasteiger partial charge is 0.293 e. The summed E-state index contributed by atoms with van der Waals surface area (Å²) in [5.74, 6) is 1.47. The summed E-state index contributed by atoms with van der Waals surface area (Å²) in [5, 5.41) is 3.41. The van der Waals surface area contributed by atoms with Gasteiger partial charge in [0.2, 0.25) is 5.95 Å². The van der Waals surface area contributed by atoms with Crippen LogP contribution in [0.25, 0.3) is 71.9 Å². The highest BCUT2D eigenvalue weighted by atomic mass is 15.3. The van der Waals surface area contributed by atoms with Crippen molar-refractivity contribution < 1.29 is 0 Å². The Hall–Kier alpha value is -7.30. The molecule has 4 nitrogen and oxygen atoms in total. The first kappa shape index (κ1) is 34.7. The Kier molecular flexibility index (Phi) is 7.29. The van der Waals surface area contributed by atoms with Gasteiger partial charge in [0, 0.05) is 38.1 Å². The van der Waals surface area contributed by atoms with Crippen molar-refractivity contribution in [2.45, 2.75) is 38.5 Å². The van der Waals surface area contributed by atoms with E-state index in [1.807, 2.05) is 0 Å². The normalized spacial score (nSPS) is 14.3. The van der Waals surface area contributed by atoms with Gasteiger partial charge in [0.15, 0.2) is 5.82 Å². The van der Waals surface area contributed by atoms with Crippen LogP contribution in [-0.4, -0.2) is 14.5 Å². The van der Waals surface area contributed by atoms with Crippen LogP contribution in [0.15, 0.2) is 182 Å². The zero-order valence-electron chi connectivity index (χ0n) is 34.1. The van der Waals surface area contributed by atoms with Crippen molar-refractivity contribution in [3.05, 3.63) is 204 Å². The van der Waals surface area contributed by atoms with Gasteiger partial charge in [0.1, 0.15) is 0 Å². The molecule has 0 radical (unpaired) electrons. The molecule has 2 aliphatic rings. The Morgan fingerprint density at radius 3 is 1.83 bits per heavy atom. The third-order valence-corrected chi connectivity index (χ3v) is 13.4. The minimum atomic E-state index is -0.182. The molecule has 286 valence electrons. The molecule has 0 N–H and O–H groups in total. The van der Waals surface area contributed by atoms with E-state index in [9.17, 15) is 0 Å². The summed E-state index contributed by atoms with van der Waals surface area (Å²) in [6.45, 7) is 9.39. The van der Waals surface area contributed by atoms with Crippen molar-refractivity contribution in [2.75, 3.05) is 4.90 Å². The number of benzene rings is 8. The highest BCUT2D eigenvalue weighted by molar-refractivity contribution is 6.12. The lowest BCUT2D eigenvalue weighted by atomic mass is 9.82. The maximum Gasteiger partial charge on any atom is 0.237 e. The molecular weight excluding hydrogens is 729 g/mol. The van der Waals surface area contributed by atoms with Gasteiger partial charge in [0.25, 0.3) is 0 Å². The second-order valence-corrected chi connectivity index (χ2v) is 17.4. The van der Waals surface area contributed by atoms with Crippen LogP contribution >= 0.6 is 0 Å². The maximum absolute atomic E-state index is 5.80. The lowest BCUT2D eigenvalue weighted by Crippen LogP contribution is -2.18. The first-order chi connectivity index (χ1) is 29.3. The van der Waals surface area contributed by atoms with E-state index in [0.29, 0.717) is 5.95 Å². The van der Waals surface area contributed by atoms with Gasteiger partial charge in [-0.05, 0) is 87.0 Å². The molecule has 12 rings (SSSR count). The number of nitrogens with zero attached hydrogens (tertiary/aromatic N) is 4.